The van der Waals surface area contributed by atoms with Gasteiger partial charge in [-0.05, 0) is 32.0 Å². The number of carbonyl (C=O) groups excluding carboxylic acids is 3. The lowest BCUT2D eigenvalue weighted by Crippen LogP contribution is -2.49. The Balaban J connectivity index is 1.76. The highest BCUT2D eigenvalue weighted by Gasteiger charge is 2.55. The summed E-state index contributed by atoms with van der Waals surface area (Å²) in [6.45, 7) is 4.81. The van der Waals surface area contributed by atoms with E-state index in [0.29, 0.717) is 35.5 Å². The number of benzene rings is 2. The van der Waals surface area contributed by atoms with Crippen molar-refractivity contribution in [2.24, 2.45) is 5.41 Å². The van der Waals surface area contributed by atoms with Crippen LogP contribution in [0.25, 0.3) is 0 Å². The number of Topliss-reactive ketones (excluding diaryl/α,β-unsaturated/α-hetero) is 1. The van der Waals surface area contributed by atoms with E-state index >= 15 is 0 Å². The van der Waals surface area contributed by atoms with Crippen LogP contribution >= 0.6 is 0 Å². The summed E-state index contributed by atoms with van der Waals surface area (Å²) >= 11 is 0. The lowest BCUT2D eigenvalue weighted by atomic mass is 9.78. The van der Waals surface area contributed by atoms with E-state index in [1.807, 2.05) is 19.9 Å². The lowest BCUT2D eigenvalue weighted by molar-refractivity contribution is 0.0559. The number of fused-ring (bicyclic) bond motifs is 2. The standard InChI is InChI=1S/C23H24N2O4/c1-4-25-19-13-24(21(27)17-11-7-8-12-18(17)29-3)14-23(19,2)20(26)15-9-5-6-10-16(15)22(25)28/h5-12,19H,4,13-14H2,1-3H3/t19-,23+/m1/s1. The van der Waals surface area contributed by atoms with Crippen molar-refractivity contribution in [3.8, 4) is 5.75 Å². The van der Waals surface area contributed by atoms with Gasteiger partial charge in [0.2, 0.25) is 0 Å². The molecule has 2 aromatic carbocycles. The Hall–Kier alpha value is -3.15. The van der Waals surface area contributed by atoms with Gasteiger partial charge in [0, 0.05) is 25.2 Å². The zero-order valence-electron chi connectivity index (χ0n) is 16.8. The van der Waals surface area contributed by atoms with Gasteiger partial charge in [0.1, 0.15) is 5.75 Å². The fraction of sp³-hybridized carbons (Fsp3) is 0.348. The van der Waals surface area contributed by atoms with Crippen LogP contribution in [0.2, 0.25) is 0 Å². The Morgan fingerprint density at radius 3 is 2.45 bits per heavy atom. The van der Waals surface area contributed by atoms with Crippen LogP contribution in [0.3, 0.4) is 0 Å². The Morgan fingerprint density at radius 1 is 1.10 bits per heavy atom. The topological polar surface area (TPSA) is 66.9 Å². The third-order valence-electron chi connectivity index (χ3n) is 6.17. The molecule has 6 nitrogen and oxygen atoms in total. The van der Waals surface area contributed by atoms with Gasteiger partial charge in [-0.1, -0.05) is 30.3 Å². The first-order valence-corrected chi connectivity index (χ1v) is 9.79. The largest absolute Gasteiger partial charge is 0.496 e. The fourth-order valence-corrected chi connectivity index (χ4v) is 4.62. The molecule has 6 heteroatoms. The molecular weight excluding hydrogens is 368 g/mol. The Kier molecular flexibility index (Phi) is 4.65. The summed E-state index contributed by atoms with van der Waals surface area (Å²) in [5, 5.41) is 0. The number of ether oxygens (including phenoxy) is 1. The molecule has 0 unspecified atom stereocenters. The van der Waals surface area contributed by atoms with E-state index in [4.69, 9.17) is 4.74 Å². The normalized spacial score (nSPS) is 23.5. The molecule has 0 aromatic heterocycles. The quantitative estimate of drug-likeness (QED) is 0.806. The summed E-state index contributed by atoms with van der Waals surface area (Å²) in [4.78, 5) is 43.4. The highest BCUT2D eigenvalue weighted by Crippen LogP contribution is 2.41. The molecule has 2 aromatic rings. The average Bonchev–Trinajstić information content (AvgIpc) is 3.08. The van der Waals surface area contributed by atoms with Gasteiger partial charge in [0.05, 0.1) is 29.7 Å². The zero-order valence-corrected chi connectivity index (χ0v) is 16.8. The van der Waals surface area contributed by atoms with Crippen LogP contribution in [0, 0.1) is 5.41 Å². The number of para-hydroxylation sites is 1. The summed E-state index contributed by atoms with van der Waals surface area (Å²) in [6.07, 6.45) is 0. The second-order valence-corrected chi connectivity index (χ2v) is 7.79. The Bertz CT molecular complexity index is 1000. The monoisotopic (exact) mass is 392 g/mol. The molecule has 29 heavy (non-hydrogen) atoms. The second kappa shape index (κ2) is 7.03. The number of hydrogen-bond donors (Lipinski definition) is 0. The predicted molar refractivity (Wildman–Crippen MR) is 108 cm³/mol. The average molecular weight is 392 g/mol. The predicted octanol–water partition coefficient (Wildman–Crippen LogP) is 2.88. The minimum atomic E-state index is -0.865. The molecule has 2 aliphatic heterocycles. The highest BCUT2D eigenvalue weighted by molar-refractivity contribution is 6.13. The fourth-order valence-electron chi connectivity index (χ4n) is 4.62. The second-order valence-electron chi connectivity index (χ2n) is 7.79. The van der Waals surface area contributed by atoms with Gasteiger partial charge < -0.3 is 14.5 Å². The van der Waals surface area contributed by atoms with Gasteiger partial charge >= 0.3 is 0 Å². The number of carbonyl (C=O) groups is 3. The van der Waals surface area contributed by atoms with E-state index in [2.05, 4.69) is 0 Å². The van der Waals surface area contributed by atoms with Gasteiger partial charge in [-0.3, -0.25) is 14.4 Å². The first kappa shape index (κ1) is 19.2. The lowest BCUT2D eigenvalue weighted by Gasteiger charge is -2.34. The molecule has 150 valence electrons. The van der Waals surface area contributed by atoms with E-state index in [0.717, 1.165) is 0 Å². The first-order valence-electron chi connectivity index (χ1n) is 9.79. The van der Waals surface area contributed by atoms with E-state index in [-0.39, 0.29) is 30.2 Å². The highest BCUT2D eigenvalue weighted by atomic mass is 16.5. The molecule has 0 bridgehead atoms. The Morgan fingerprint density at radius 2 is 1.76 bits per heavy atom. The summed E-state index contributed by atoms with van der Waals surface area (Å²) in [5.41, 5.74) is 0.470. The van der Waals surface area contributed by atoms with Gasteiger partial charge in [0.25, 0.3) is 11.8 Å². The number of likely N-dealkylation sites (tertiary alicyclic amines) is 1. The summed E-state index contributed by atoms with van der Waals surface area (Å²) in [7, 11) is 1.53. The third-order valence-corrected chi connectivity index (χ3v) is 6.17. The molecule has 2 heterocycles. The maximum atomic E-state index is 13.5. The molecule has 2 aliphatic rings. The van der Waals surface area contributed by atoms with Gasteiger partial charge in [-0.15, -0.1) is 0 Å². The molecule has 2 amide bonds. The maximum Gasteiger partial charge on any atom is 0.257 e. The molecule has 0 aliphatic carbocycles. The van der Waals surface area contributed by atoms with Crippen LogP contribution in [-0.4, -0.2) is 60.2 Å². The molecule has 0 N–H and O–H groups in total. The van der Waals surface area contributed by atoms with Crippen molar-refractivity contribution in [3.05, 3.63) is 65.2 Å². The van der Waals surface area contributed by atoms with E-state index in [9.17, 15) is 14.4 Å². The molecule has 1 saturated heterocycles. The number of hydrogen-bond acceptors (Lipinski definition) is 4. The molecule has 1 fully saturated rings. The minimum Gasteiger partial charge on any atom is -0.496 e. The van der Waals surface area contributed by atoms with Crippen LogP contribution in [0.4, 0.5) is 0 Å². The minimum absolute atomic E-state index is 0.0854. The van der Waals surface area contributed by atoms with Crippen molar-refractivity contribution in [2.75, 3.05) is 26.7 Å². The van der Waals surface area contributed by atoms with Crippen molar-refractivity contribution in [2.45, 2.75) is 19.9 Å². The van der Waals surface area contributed by atoms with Crippen molar-refractivity contribution in [1.29, 1.82) is 0 Å². The van der Waals surface area contributed by atoms with E-state index in [1.165, 1.54) is 7.11 Å². The van der Waals surface area contributed by atoms with Crippen molar-refractivity contribution >= 4 is 17.6 Å². The third kappa shape index (κ3) is 2.82. The number of nitrogens with zero attached hydrogens (tertiary/aromatic N) is 2. The van der Waals surface area contributed by atoms with E-state index in [1.54, 1.807) is 52.3 Å². The molecule has 4 rings (SSSR count). The van der Waals surface area contributed by atoms with Crippen molar-refractivity contribution in [3.63, 3.8) is 0 Å². The summed E-state index contributed by atoms with van der Waals surface area (Å²) in [6, 6.07) is 13.7. The smallest absolute Gasteiger partial charge is 0.257 e. The number of ketones is 1. The number of likely N-dealkylation sites (N-methyl/N-ethyl adjacent to an activating group) is 1. The summed E-state index contributed by atoms with van der Waals surface area (Å²) in [5.74, 6) is 0.0608. The van der Waals surface area contributed by atoms with Gasteiger partial charge in [0.15, 0.2) is 5.78 Å². The SMILES string of the molecule is CCN1C(=O)c2ccccc2C(=O)[C@@]2(C)CN(C(=O)c3ccccc3OC)C[C@@H]12. The van der Waals surface area contributed by atoms with Crippen LogP contribution in [0.5, 0.6) is 5.75 Å². The Labute approximate surface area is 170 Å². The van der Waals surface area contributed by atoms with Crippen LogP contribution < -0.4 is 4.74 Å². The zero-order chi connectivity index (χ0) is 20.8. The number of methoxy groups -OCH3 is 1. The molecular formula is C23H24N2O4. The van der Waals surface area contributed by atoms with Gasteiger partial charge in [-0.25, -0.2) is 0 Å². The van der Waals surface area contributed by atoms with Gasteiger partial charge in [-0.2, -0.15) is 0 Å². The number of rotatable bonds is 3. The summed E-state index contributed by atoms with van der Waals surface area (Å²) < 4.78 is 5.34. The molecule has 0 spiro atoms. The molecule has 2 atom stereocenters. The number of amides is 2. The molecule has 0 radical (unpaired) electrons. The van der Waals surface area contributed by atoms with Crippen LogP contribution in [0.15, 0.2) is 48.5 Å². The van der Waals surface area contributed by atoms with E-state index < -0.39 is 5.41 Å². The molecule has 0 saturated carbocycles. The first-order chi connectivity index (χ1) is 13.9. The van der Waals surface area contributed by atoms with Crippen LogP contribution in [-0.2, 0) is 0 Å². The maximum absolute atomic E-state index is 13.5. The van der Waals surface area contributed by atoms with Crippen molar-refractivity contribution in [1.82, 2.24) is 9.80 Å². The van der Waals surface area contributed by atoms with Crippen LogP contribution in [0.1, 0.15) is 44.9 Å². The van der Waals surface area contributed by atoms with Crippen molar-refractivity contribution < 1.29 is 19.1 Å².